The van der Waals surface area contributed by atoms with E-state index in [1.54, 1.807) is 7.11 Å². The Morgan fingerprint density at radius 3 is 2.85 bits per heavy atom. The molecule has 2 N–H and O–H groups in total. The average molecular weight is 494 g/mol. The Labute approximate surface area is 178 Å². The third-order valence-corrected chi connectivity index (χ3v) is 5.92. The van der Waals surface area contributed by atoms with Crippen molar-refractivity contribution in [3.05, 3.63) is 28.8 Å². The van der Waals surface area contributed by atoms with Gasteiger partial charge in [-0.3, -0.25) is 4.99 Å². The van der Waals surface area contributed by atoms with Crippen LogP contribution in [0.5, 0.6) is 5.75 Å². The maximum atomic E-state index is 6.30. The molecule has 1 aromatic rings. The van der Waals surface area contributed by atoms with Gasteiger partial charge in [-0.25, -0.2) is 0 Å². The minimum atomic E-state index is 0. The second kappa shape index (κ2) is 8.97. The molecule has 1 aliphatic carbocycles. The molecule has 1 heterocycles. The monoisotopic (exact) mass is 493 g/mol. The summed E-state index contributed by atoms with van der Waals surface area (Å²) < 4.78 is 11.0. The molecule has 3 unspecified atom stereocenters. The standard InChI is InChI=1S/C19H28ClN3O2.HI/c1-19(2)16(14-8-10-25-17(14)19)23-18(21-3)22-9-7-12-5-6-13(24-4)11-15(12)20;/h5-6,11,14,16-17H,7-10H2,1-4H3,(H2,21,22,23);1H. The molecule has 0 bridgehead atoms. The number of rotatable bonds is 5. The molecule has 3 rings (SSSR count). The van der Waals surface area contributed by atoms with Crippen LogP contribution in [-0.4, -0.2) is 45.4 Å². The molecule has 0 amide bonds. The number of nitrogens with one attached hydrogen (secondary N) is 2. The van der Waals surface area contributed by atoms with Gasteiger partial charge in [0.15, 0.2) is 5.96 Å². The quantitative estimate of drug-likeness (QED) is 0.375. The number of hydrogen-bond acceptors (Lipinski definition) is 3. The smallest absolute Gasteiger partial charge is 0.191 e. The summed E-state index contributed by atoms with van der Waals surface area (Å²) in [5.41, 5.74) is 1.23. The zero-order valence-electron chi connectivity index (χ0n) is 15.8. The predicted molar refractivity (Wildman–Crippen MR) is 117 cm³/mol. The predicted octanol–water partition coefficient (Wildman–Crippen LogP) is 3.49. The molecule has 5 nitrogen and oxygen atoms in total. The highest BCUT2D eigenvalue weighted by Crippen LogP contribution is 2.52. The van der Waals surface area contributed by atoms with Gasteiger partial charge in [-0.05, 0) is 30.5 Å². The minimum Gasteiger partial charge on any atom is -0.497 e. The zero-order chi connectivity index (χ0) is 18.0. The van der Waals surface area contributed by atoms with Crippen LogP contribution in [0.3, 0.4) is 0 Å². The summed E-state index contributed by atoms with van der Waals surface area (Å²) in [5.74, 6) is 2.21. The van der Waals surface area contributed by atoms with Crippen LogP contribution < -0.4 is 15.4 Å². The number of nitrogens with zero attached hydrogens (tertiary/aromatic N) is 1. The second-order valence-corrected chi connectivity index (χ2v) is 7.80. The fourth-order valence-corrected chi connectivity index (χ4v) is 4.40. The largest absolute Gasteiger partial charge is 0.497 e. The SMILES string of the molecule is CN=C(NCCc1ccc(OC)cc1Cl)NC1C2CCOC2C1(C)C.I. The van der Waals surface area contributed by atoms with Crippen molar-refractivity contribution in [3.63, 3.8) is 0 Å². The summed E-state index contributed by atoms with van der Waals surface area (Å²) in [6.07, 6.45) is 2.33. The second-order valence-electron chi connectivity index (χ2n) is 7.39. The lowest BCUT2D eigenvalue weighted by Gasteiger charge is -2.54. The van der Waals surface area contributed by atoms with Gasteiger partial charge >= 0.3 is 0 Å². The van der Waals surface area contributed by atoms with E-state index >= 15 is 0 Å². The van der Waals surface area contributed by atoms with Crippen LogP contribution in [0.25, 0.3) is 0 Å². The first-order valence-electron chi connectivity index (χ1n) is 8.88. The van der Waals surface area contributed by atoms with Crippen molar-refractivity contribution in [2.75, 3.05) is 27.3 Å². The van der Waals surface area contributed by atoms with Crippen molar-refractivity contribution in [2.24, 2.45) is 16.3 Å². The van der Waals surface area contributed by atoms with E-state index in [1.165, 1.54) is 0 Å². The van der Waals surface area contributed by atoms with Crippen LogP contribution in [0, 0.1) is 11.3 Å². The molecule has 7 heteroatoms. The van der Waals surface area contributed by atoms with Gasteiger partial charge in [-0.2, -0.15) is 0 Å². The summed E-state index contributed by atoms with van der Waals surface area (Å²) in [6, 6.07) is 6.19. The van der Waals surface area contributed by atoms with Crippen molar-refractivity contribution >= 4 is 41.5 Å². The third-order valence-electron chi connectivity index (χ3n) is 5.56. The molecule has 1 aromatic carbocycles. The van der Waals surface area contributed by atoms with E-state index in [2.05, 4.69) is 29.5 Å². The fourth-order valence-electron chi connectivity index (χ4n) is 4.13. The molecular weight excluding hydrogens is 465 g/mol. The maximum Gasteiger partial charge on any atom is 0.191 e. The number of guanidine groups is 1. The number of hydrogen-bond donors (Lipinski definition) is 2. The van der Waals surface area contributed by atoms with Crippen LogP contribution in [-0.2, 0) is 11.2 Å². The van der Waals surface area contributed by atoms with Crippen molar-refractivity contribution in [1.29, 1.82) is 0 Å². The Bertz CT molecular complexity index is 654. The molecule has 0 spiro atoms. The number of ether oxygens (including phenoxy) is 2. The van der Waals surface area contributed by atoms with E-state index in [1.807, 2.05) is 25.2 Å². The van der Waals surface area contributed by atoms with Gasteiger partial charge in [-0.1, -0.05) is 31.5 Å². The van der Waals surface area contributed by atoms with Crippen LogP contribution in [0.2, 0.25) is 5.02 Å². The first-order valence-corrected chi connectivity index (χ1v) is 9.26. The van der Waals surface area contributed by atoms with Crippen molar-refractivity contribution in [2.45, 2.75) is 38.8 Å². The molecule has 146 valence electrons. The zero-order valence-corrected chi connectivity index (χ0v) is 18.9. The average Bonchev–Trinajstić information content (AvgIpc) is 3.06. The van der Waals surface area contributed by atoms with Crippen LogP contribution >= 0.6 is 35.6 Å². The van der Waals surface area contributed by atoms with Crippen molar-refractivity contribution < 1.29 is 9.47 Å². The number of aliphatic imine (C=N–C) groups is 1. The summed E-state index contributed by atoms with van der Waals surface area (Å²) >= 11 is 6.30. The Balaban J connectivity index is 0.00000243. The van der Waals surface area contributed by atoms with Gasteiger partial charge in [0.05, 0.1) is 13.2 Å². The minimum absolute atomic E-state index is 0. The topological polar surface area (TPSA) is 54.9 Å². The lowest BCUT2D eigenvalue weighted by atomic mass is 9.57. The highest BCUT2D eigenvalue weighted by atomic mass is 127. The molecule has 1 saturated heterocycles. The van der Waals surface area contributed by atoms with E-state index < -0.39 is 0 Å². The van der Waals surface area contributed by atoms with Gasteiger partial charge in [-0.15, -0.1) is 24.0 Å². The van der Waals surface area contributed by atoms with Crippen LogP contribution in [0.15, 0.2) is 23.2 Å². The van der Waals surface area contributed by atoms with E-state index in [4.69, 9.17) is 21.1 Å². The van der Waals surface area contributed by atoms with Crippen LogP contribution in [0.1, 0.15) is 25.8 Å². The molecule has 2 aliphatic rings. The molecular formula is C19H29ClIN3O2. The molecule has 0 radical (unpaired) electrons. The summed E-state index contributed by atoms with van der Waals surface area (Å²) in [6.45, 7) is 6.17. The third kappa shape index (κ3) is 4.22. The summed E-state index contributed by atoms with van der Waals surface area (Å²) in [5, 5.41) is 7.72. The molecule has 26 heavy (non-hydrogen) atoms. The number of methoxy groups -OCH3 is 1. The fraction of sp³-hybridized carbons (Fsp3) is 0.632. The number of halogens is 2. The van der Waals surface area contributed by atoms with Crippen molar-refractivity contribution in [3.8, 4) is 5.75 Å². The van der Waals surface area contributed by atoms with E-state index in [0.29, 0.717) is 18.1 Å². The van der Waals surface area contributed by atoms with E-state index in [9.17, 15) is 0 Å². The first-order chi connectivity index (χ1) is 12.0. The molecule has 1 saturated carbocycles. The molecule has 2 fully saturated rings. The first kappa shape index (κ1) is 21.6. The summed E-state index contributed by atoms with van der Waals surface area (Å²) in [4.78, 5) is 4.37. The van der Waals surface area contributed by atoms with Gasteiger partial charge in [0.2, 0.25) is 0 Å². The Kier molecular flexibility index (Phi) is 7.44. The van der Waals surface area contributed by atoms with Gasteiger partial charge in [0.1, 0.15) is 5.75 Å². The molecule has 3 atom stereocenters. The molecule has 1 aliphatic heterocycles. The van der Waals surface area contributed by atoms with Gasteiger partial charge < -0.3 is 20.1 Å². The van der Waals surface area contributed by atoms with Crippen LogP contribution in [0.4, 0.5) is 0 Å². The van der Waals surface area contributed by atoms with Gasteiger partial charge in [0.25, 0.3) is 0 Å². The van der Waals surface area contributed by atoms with E-state index in [-0.39, 0.29) is 29.4 Å². The number of fused-ring (bicyclic) bond motifs is 1. The lowest BCUT2D eigenvalue weighted by molar-refractivity contribution is -0.106. The summed E-state index contributed by atoms with van der Waals surface area (Å²) in [7, 11) is 3.45. The molecule has 0 aromatic heterocycles. The highest BCUT2D eigenvalue weighted by molar-refractivity contribution is 14.0. The Morgan fingerprint density at radius 1 is 1.42 bits per heavy atom. The highest BCUT2D eigenvalue weighted by Gasteiger charge is 2.59. The van der Waals surface area contributed by atoms with Gasteiger partial charge in [0, 0.05) is 42.6 Å². The normalized spacial score (nSPS) is 26.3. The Hall–Kier alpha value is -0.730. The maximum absolute atomic E-state index is 6.30. The lowest BCUT2D eigenvalue weighted by Crippen LogP contribution is -2.68. The Morgan fingerprint density at radius 2 is 2.19 bits per heavy atom. The number of benzene rings is 1. The van der Waals surface area contributed by atoms with Crippen molar-refractivity contribution in [1.82, 2.24) is 10.6 Å². The van der Waals surface area contributed by atoms with E-state index in [0.717, 1.165) is 48.3 Å².